The zero-order valence-corrected chi connectivity index (χ0v) is 19.3. The minimum absolute atomic E-state index is 0.124. The fraction of sp³-hybridized carbons (Fsp3) is 0.0435. The lowest BCUT2D eigenvalue weighted by molar-refractivity contribution is -0.137. The minimum atomic E-state index is -4.60. The second-order valence-corrected chi connectivity index (χ2v) is 8.34. The average molecular weight is 526 g/mol. The number of alkyl halides is 3. The van der Waals surface area contributed by atoms with Crippen LogP contribution in [-0.2, 0) is 6.18 Å². The topological polar surface area (TPSA) is 72.9 Å². The Morgan fingerprint density at radius 2 is 1.59 bits per heavy atom. The van der Waals surface area contributed by atoms with Gasteiger partial charge in [-0.1, -0.05) is 53.0 Å². The fourth-order valence-corrected chi connectivity index (χ4v) is 4.06. The summed E-state index contributed by atoms with van der Waals surface area (Å²) in [5.74, 6) is 4.86. The number of carbonyl (C=O) groups is 1. The summed E-state index contributed by atoms with van der Waals surface area (Å²) in [6.45, 7) is 0. The summed E-state index contributed by atoms with van der Waals surface area (Å²) in [4.78, 5) is 17.2. The maximum absolute atomic E-state index is 13.2. The number of nitrogens with zero attached hydrogens (tertiary/aromatic N) is 2. The molecule has 0 radical (unpaired) electrons. The van der Waals surface area contributed by atoms with Crippen LogP contribution in [0, 0.1) is 0 Å². The zero-order chi connectivity index (χ0) is 24.6. The Labute approximate surface area is 206 Å². The third kappa shape index (κ3) is 4.50. The standard InChI is InChI=1S/C23H14Cl3F3N4O/c24-13-6-8-14(9-7-13)33-20(15-10-5-12(11-18(15)26)23(27,28)29)19(22(34)32-30)31-21(33)16-3-1-2-4-17(16)25/h1-11H,30H2,(H,32,34). The molecule has 0 spiro atoms. The Morgan fingerprint density at radius 1 is 0.912 bits per heavy atom. The van der Waals surface area contributed by atoms with Gasteiger partial charge < -0.3 is 0 Å². The number of amides is 1. The van der Waals surface area contributed by atoms with Crippen molar-refractivity contribution in [3.05, 3.63) is 93.1 Å². The number of imidazole rings is 1. The number of hydrogen-bond acceptors (Lipinski definition) is 3. The van der Waals surface area contributed by atoms with Crippen LogP contribution in [0.4, 0.5) is 13.2 Å². The molecule has 174 valence electrons. The monoisotopic (exact) mass is 524 g/mol. The molecule has 4 aromatic rings. The number of nitrogens with one attached hydrogen (secondary N) is 1. The number of nitrogen functional groups attached to an aromatic ring is 1. The van der Waals surface area contributed by atoms with Gasteiger partial charge in [0.25, 0.3) is 5.91 Å². The van der Waals surface area contributed by atoms with Gasteiger partial charge in [-0.2, -0.15) is 13.2 Å². The largest absolute Gasteiger partial charge is 0.416 e. The smallest absolute Gasteiger partial charge is 0.291 e. The first-order valence-electron chi connectivity index (χ1n) is 9.63. The molecule has 0 aliphatic heterocycles. The second kappa shape index (κ2) is 9.31. The van der Waals surface area contributed by atoms with Crippen molar-refractivity contribution in [2.24, 2.45) is 5.84 Å². The maximum atomic E-state index is 13.2. The van der Waals surface area contributed by atoms with E-state index in [1.807, 2.05) is 5.43 Å². The number of hydrazine groups is 1. The summed E-state index contributed by atoms with van der Waals surface area (Å²) in [7, 11) is 0. The third-order valence-corrected chi connectivity index (χ3v) is 5.87. The summed E-state index contributed by atoms with van der Waals surface area (Å²) in [6.07, 6.45) is -4.60. The number of carbonyl (C=O) groups excluding carboxylic acids is 1. The van der Waals surface area contributed by atoms with Gasteiger partial charge in [-0.15, -0.1) is 0 Å². The molecule has 4 rings (SSSR count). The molecule has 1 amide bonds. The molecule has 0 aliphatic carbocycles. The molecule has 5 nitrogen and oxygen atoms in total. The van der Waals surface area contributed by atoms with E-state index < -0.39 is 17.6 Å². The van der Waals surface area contributed by atoms with Gasteiger partial charge in [-0.3, -0.25) is 14.8 Å². The highest BCUT2D eigenvalue weighted by molar-refractivity contribution is 6.34. The lowest BCUT2D eigenvalue weighted by Crippen LogP contribution is -2.30. The molecule has 0 aliphatic rings. The van der Waals surface area contributed by atoms with Gasteiger partial charge in [0, 0.05) is 21.8 Å². The molecule has 3 aromatic carbocycles. The number of hydrogen-bond donors (Lipinski definition) is 2. The molecule has 0 saturated carbocycles. The Hall–Kier alpha value is -3.04. The van der Waals surface area contributed by atoms with Crippen molar-refractivity contribution in [1.29, 1.82) is 0 Å². The van der Waals surface area contributed by atoms with Crippen LogP contribution in [0.15, 0.2) is 66.7 Å². The Balaban J connectivity index is 2.11. The molecule has 0 unspecified atom stereocenters. The van der Waals surface area contributed by atoms with Crippen molar-refractivity contribution in [2.45, 2.75) is 6.18 Å². The van der Waals surface area contributed by atoms with E-state index in [0.29, 0.717) is 21.3 Å². The van der Waals surface area contributed by atoms with Crippen LogP contribution >= 0.6 is 34.8 Å². The predicted octanol–water partition coefficient (Wildman–Crippen LogP) is 6.79. The van der Waals surface area contributed by atoms with E-state index >= 15 is 0 Å². The first kappa shape index (κ1) is 24.1. The lowest BCUT2D eigenvalue weighted by atomic mass is 10.1. The molecule has 1 heterocycles. The molecule has 34 heavy (non-hydrogen) atoms. The van der Waals surface area contributed by atoms with Gasteiger partial charge in [0.15, 0.2) is 5.69 Å². The van der Waals surface area contributed by atoms with Gasteiger partial charge in [0.1, 0.15) is 5.82 Å². The lowest BCUT2D eigenvalue weighted by Gasteiger charge is -2.16. The van der Waals surface area contributed by atoms with Crippen LogP contribution in [0.1, 0.15) is 16.1 Å². The van der Waals surface area contributed by atoms with Gasteiger partial charge in [-0.25, -0.2) is 10.8 Å². The summed E-state index contributed by atoms with van der Waals surface area (Å²) in [6, 6.07) is 16.2. The molecule has 3 N–H and O–H groups in total. The van der Waals surface area contributed by atoms with E-state index in [4.69, 9.17) is 40.6 Å². The van der Waals surface area contributed by atoms with Crippen LogP contribution in [-0.4, -0.2) is 15.5 Å². The van der Waals surface area contributed by atoms with Gasteiger partial charge in [0.05, 0.1) is 21.3 Å². The van der Waals surface area contributed by atoms with Gasteiger partial charge >= 0.3 is 6.18 Å². The predicted molar refractivity (Wildman–Crippen MR) is 126 cm³/mol. The quantitative estimate of drug-likeness (QED) is 0.175. The normalized spacial score (nSPS) is 11.5. The van der Waals surface area contributed by atoms with Crippen LogP contribution < -0.4 is 11.3 Å². The summed E-state index contributed by atoms with van der Waals surface area (Å²) < 4.78 is 41.3. The third-order valence-electron chi connectivity index (χ3n) is 4.97. The second-order valence-electron chi connectivity index (χ2n) is 7.09. The first-order valence-corrected chi connectivity index (χ1v) is 10.8. The number of rotatable bonds is 4. The Kier molecular flexibility index (Phi) is 6.60. The number of nitrogens with two attached hydrogens (primary N) is 1. The minimum Gasteiger partial charge on any atom is -0.291 e. The maximum Gasteiger partial charge on any atom is 0.416 e. The zero-order valence-electron chi connectivity index (χ0n) is 17.0. The van der Waals surface area contributed by atoms with Crippen molar-refractivity contribution in [3.8, 4) is 28.3 Å². The van der Waals surface area contributed by atoms with Crippen LogP contribution in [0.3, 0.4) is 0 Å². The Bertz CT molecular complexity index is 1390. The van der Waals surface area contributed by atoms with Gasteiger partial charge in [0.2, 0.25) is 0 Å². The molecule has 0 saturated heterocycles. The molecular formula is C23H14Cl3F3N4O. The molecule has 11 heteroatoms. The fourth-order valence-electron chi connectivity index (χ4n) is 3.44. The number of aromatic nitrogens is 2. The van der Waals surface area contributed by atoms with E-state index in [2.05, 4.69) is 4.98 Å². The molecule has 0 fully saturated rings. The van der Waals surface area contributed by atoms with E-state index in [9.17, 15) is 18.0 Å². The van der Waals surface area contributed by atoms with Crippen molar-refractivity contribution in [3.63, 3.8) is 0 Å². The number of benzene rings is 3. The van der Waals surface area contributed by atoms with Crippen LogP contribution in [0.5, 0.6) is 0 Å². The highest BCUT2D eigenvalue weighted by atomic mass is 35.5. The van der Waals surface area contributed by atoms with Crippen LogP contribution in [0.25, 0.3) is 28.3 Å². The Morgan fingerprint density at radius 3 is 2.18 bits per heavy atom. The summed E-state index contributed by atoms with van der Waals surface area (Å²) >= 11 is 18.8. The van der Waals surface area contributed by atoms with Crippen molar-refractivity contribution in [2.75, 3.05) is 0 Å². The van der Waals surface area contributed by atoms with Gasteiger partial charge in [-0.05, 0) is 48.5 Å². The SMILES string of the molecule is NNC(=O)c1nc(-c2ccccc2Cl)n(-c2ccc(Cl)cc2)c1-c1ccc(C(F)(F)F)cc1Cl. The van der Waals surface area contributed by atoms with E-state index in [-0.39, 0.29) is 27.8 Å². The average Bonchev–Trinajstić information content (AvgIpc) is 3.18. The molecule has 0 bridgehead atoms. The van der Waals surface area contributed by atoms with Crippen molar-refractivity contribution >= 4 is 40.7 Å². The van der Waals surface area contributed by atoms with E-state index in [1.165, 1.54) is 6.07 Å². The number of halogens is 6. The molecule has 1 aromatic heterocycles. The summed E-state index contributed by atoms with van der Waals surface area (Å²) in [5, 5.41) is 0.561. The molecular weight excluding hydrogens is 512 g/mol. The van der Waals surface area contributed by atoms with Crippen LogP contribution in [0.2, 0.25) is 15.1 Å². The van der Waals surface area contributed by atoms with E-state index in [1.54, 1.807) is 53.1 Å². The highest BCUT2D eigenvalue weighted by Gasteiger charge is 2.33. The first-order chi connectivity index (χ1) is 16.1. The molecule has 0 atom stereocenters. The summed E-state index contributed by atoms with van der Waals surface area (Å²) in [5.41, 5.74) is 2.17. The van der Waals surface area contributed by atoms with Crippen molar-refractivity contribution < 1.29 is 18.0 Å². The van der Waals surface area contributed by atoms with Crippen molar-refractivity contribution in [1.82, 2.24) is 15.0 Å². The highest BCUT2D eigenvalue weighted by Crippen LogP contribution is 2.41. The van der Waals surface area contributed by atoms with E-state index in [0.717, 1.165) is 12.1 Å².